The number of hydrogen-bond donors (Lipinski definition) is 0. The van der Waals surface area contributed by atoms with Crippen LogP contribution in [0, 0.1) is 5.92 Å². The number of rotatable bonds is 3. The van der Waals surface area contributed by atoms with Gasteiger partial charge in [0, 0.05) is 29.4 Å². The maximum atomic E-state index is 11.9. The van der Waals surface area contributed by atoms with Crippen molar-refractivity contribution >= 4 is 5.78 Å². The molecule has 0 saturated heterocycles. The van der Waals surface area contributed by atoms with Crippen LogP contribution in [0.5, 0.6) is 0 Å². The van der Waals surface area contributed by atoms with Crippen molar-refractivity contribution in [3.05, 3.63) is 48.3 Å². The molecule has 0 radical (unpaired) electrons. The first kappa shape index (κ1) is 11.5. The summed E-state index contributed by atoms with van der Waals surface area (Å²) in [6, 6.07) is 9.22. The zero-order valence-electron chi connectivity index (χ0n) is 9.92. The molecule has 0 unspecified atom stereocenters. The quantitative estimate of drug-likeness (QED) is 0.755. The van der Waals surface area contributed by atoms with Gasteiger partial charge in [0.05, 0.1) is 0 Å². The molecular formula is C14H14N2O. The van der Waals surface area contributed by atoms with E-state index in [1.54, 1.807) is 18.5 Å². The molecule has 3 nitrogen and oxygen atoms in total. The minimum absolute atomic E-state index is 0.00180. The van der Waals surface area contributed by atoms with E-state index in [-0.39, 0.29) is 11.7 Å². The van der Waals surface area contributed by atoms with Crippen LogP contribution < -0.4 is 0 Å². The summed E-state index contributed by atoms with van der Waals surface area (Å²) in [7, 11) is 0. The Balaban J connectivity index is 2.39. The Labute approximate surface area is 101 Å². The van der Waals surface area contributed by atoms with Crippen molar-refractivity contribution in [2.45, 2.75) is 13.8 Å². The van der Waals surface area contributed by atoms with Crippen LogP contribution in [-0.4, -0.2) is 15.8 Å². The molecule has 0 saturated carbocycles. The van der Waals surface area contributed by atoms with Gasteiger partial charge in [-0.3, -0.25) is 4.79 Å². The number of Topliss-reactive ketones (excluding diaryl/α,β-unsaturated/α-hetero) is 1. The number of carbonyl (C=O) groups is 1. The molecule has 0 aliphatic carbocycles. The SMILES string of the molecule is CC(C)C(=O)c1cccc(-c2ncccn2)c1. The fourth-order valence-electron chi connectivity index (χ4n) is 1.59. The largest absolute Gasteiger partial charge is 0.294 e. The molecule has 0 fully saturated rings. The number of carbonyl (C=O) groups excluding carboxylic acids is 1. The molecule has 0 bridgehead atoms. The Morgan fingerprint density at radius 1 is 1.12 bits per heavy atom. The van der Waals surface area contributed by atoms with E-state index in [9.17, 15) is 4.79 Å². The maximum Gasteiger partial charge on any atom is 0.165 e. The topological polar surface area (TPSA) is 42.9 Å². The monoisotopic (exact) mass is 226 g/mol. The minimum Gasteiger partial charge on any atom is -0.294 e. The zero-order chi connectivity index (χ0) is 12.3. The van der Waals surface area contributed by atoms with E-state index in [1.807, 2.05) is 38.1 Å². The predicted molar refractivity (Wildman–Crippen MR) is 66.6 cm³/mol. The van der Waals surface area contributed by atoms with E-state index in [1.165, 1.54) is 0 Å². The molecule has 0 N–H and O–H groups in total. The predicted octanol–water partition coefficient (Wildman–Crippen LogP) is 2.98. The van der Waals surface area contributed by atoms with E-state index in [0.717, 1.165) is 5.56 Å². The van der Waals surface area contributed by atoms with Gasteiger partial charge in [-0.25, -0.2) is 9.97 Å². The van der Waals surface area contributed by atoms with Gasteiger partial charge in [-0.05, 0) is 12.1 Å². The molecule has 2 rings (SSSR count). The summed E-state index contributed by atoms with van der Waals surface area (Å²) < 4.78 is 0. The molecule has 3 heteroatoms. The van der Waals surface area contributed by atoms with Gasteiger partial charge in [-0.2, -0.15) is 0 Å². The van der Waals surface area contributed by atoms with Crippen LogP contribution in [0.4, 0.5) is 0 Å². The van der Waals surface area contributed by atoms with Gasteiger partial charge in [0.25, 0.3) is 0 Å². The maximum absolute atomic E-state index is 11.9. The van der Waals surface area contributed by atoms with Crippen LogP contribution in [0.1, 0.15) is 24.2 Å². The third-order valence-electron chi connectivity index (χ3n) is 2.50. The average molecular weight is 226 g/mol. The molecule has 1 heterocycles. The van der Waals surface area contributed by atoms with Crippen molar-refractivity contribution in [1.82, 2.24) is 9.97 Å². The van der Waals surface area contributed by atoms with Gasteiger partial charge in [0.15, 0.2) is 11.6 Å². The van der Waals surface area contributed by atoms with Gasteiger partial charge >= 0.3 is 0 Å². The van der Waals surface area contributed by atoms with Crippen molar-refractivity contribution < 1.29 is 4.79 Å². The van der Waals surface area contributed by atoms with Crippen LogP contribution in [0.2, 0.25) is 0 Å². The summed E-state index contributed by atoms with van der Waals surface area (Å²) in [5.41, 5.74) is 1.59. The second kappa shape index (κ2) is 4.87. The fraction of sp³-hybridized carbons (Fsp3) is 0.214. The standard InChI is InChI=1S/C14H14N2O/c1-10(2)13(17)11-5-3-6-12(9-11)14-15-7-4-8-16-14/h3-10H,1-2H3. The van der Waals surface area contributed by atoms with E-state index in [4.69, 9.17) is 0 Å². The number of hydrogen-bond acceptors (Lipinski definition) is 3. The first-order valence-electron chi connectivity index (χ1n) is 5.60. The number of nitrogens with zero attached hydrogens (tertiary/aromatic N) is 2. The summed E-state index contributed by atoms with van der Waals surface area (Å²) in [6.45, 7) is 3.79. The van der Waals surface area contributed by atoms with E-state index < -0.39 is 0 Å². The van der Waals surface area contributed by atoms with Crippen molar-refractivity contribution in [1.29, 1.82) is 0 Å². The Hall–Kier alpha value is -2.03. The highest BCUT2D eigenvalue weighted by Gasteiger charge is 2.11. The highest BCUT2D eigenvalue weighted by molar-refractivity contribution is 5.98. The van der Waals surface area contributed by atoms with Gasteiger partial charge in [-0.1, -0.05) is 32.0 Å². The Morgan fingerprint density at radius 3 is 2.47 bits per heavy atom. The van der Waals surface area contributed by atoms with Crippen molar-refractivity contribution in [3.63, 3.8) is 0 Å². The molecule has 2 aromatic rings. The Kier molecular flexibility index (Phi) is 3.28. The van der Waals surface area contributed by atoms with Crippen LogP contribution in [0.15, 0.2) is 42.7 Å². The second-order valence-corrected chi connectivity index (χ2v) is 4.17. The summed E-state index contributed by atoms with van der Waals surface area (Å²) in [5.74, 6) is 0.788. The lowest BCUT2D eigenvalue weighted by Crippen LogP contribution is -2.07. The summed E-state index contributed by atoms with van der Waals surface area (Å²) in [5, 5.41) is 0. The van der Waals surface area contributed by atoms with E-state index in [0.29, 0.717) is 11.4 Å². The molecule has 0 aliphatic rings. The number of ketones is 1. The van der Waals surface area contributed by atoms with Gasteiger partial charge in [-0.15, -0.1) is 0 Å². The van der Waals surface area contributed by atoms with Crippen LogP contribution in [0.25, 0.3) is 11.4 Å². The van der Waals surface area contributed by atoms with Gasteiger partial charge < -0.3 is 0 Å². The molecule has 1 aromatic carbocycles. The van der Waals surface area contributed by atoms with Crippen molar-refractivity contribution in [2.75, 3.05) is 0 Å². The lowest BCUT2D eigenvalue weighted by molar-refractivity contribution is 0.0939. The Bertz CT molecular complexity index is 521. The normalized spacial score (nSPS) is 10.5. The number of benzene rings is 1. The molecule has 0 amide bonds. The first-order chi connectivity index (χ1) is 8.18. The third kappa shape index (κ3) is 2.56. The molecule has 1 aromatic heterocycles. The lowest BCUT2D eigenvalue weighted by atomic mass is 9.99. The summed E-state index contributed by atoms with van der Waals surface area (Å²) in [6.07, 6.45) is 3.39. The lowest BCUT2D eigenvalue weighted by Gasteiger charge is -2.05. The summed E-state index contributed by atoms with van der Waals surface area (Å²) >= 11 is 0. The zero-order valence-corrected chi connectivity index (χ0v) is 9.92. The molecule has 0 atom stereocenters. The highest BCUT2D eigenvalue weighted by Crippen LogP contribution is 2.17. The van der Waals surface area contributed by atoms with Crippen LogP contribution in [0.3, 0.4) is 0 Å². The van der Waals surface area contributed by atoms with Crippen molar-refractivity contribution in [2.24, 2.45) is 5.92 Å². The van der Waals surface area contributed by atoms with Gasteiger partial charge in [0.2, 0.25) is 0 Å². The molecule has 0 aliphatic heterocycles. The average Bonchev–Trinajstić information content (AvgIpc) is 2.39. The highest BCUT2D eigenvalue weighted by atomic mass is 16.1. The smallest absolute Gasteiger partial charge is 0.165 e. The fourth-order valence-corrected chi connectivity index (χ4v) is 1.59. The van der Waals surface area contributed by atoms with E-state index >= 15 is 0 Å². The molecule has 86 valence electrons. The Morgan fingerprint density at radius 2 is 1.82 bits per heavy atom. The molecule has 0 spiro atoms. The van der Waals surface area contributed by atoms with E-state index in [2.05, 4.69) is 9.97 Å². The molecule has 17 heavy (non-hydrogen) atoms. The third-order valence-corrected chi connectivity index (χ3v) is 2.50. The van der Waals surface area contributed by atoms with Crippen LogP contribution in [-0.2, 0) is 0 Å². The minimum atomic E-state index is 0.00180. The first-order valence-corrected chi connectivity index (χ1v) is 5.60. The van der Waals surface area contributed by atoms with Gasteiger partial charge in [0.1, 0.15) is 0 Å². The molecular weight excluding hydrogens is 212 g/mol. The van der Waals surface area contributed by atoms with Crippen molar-refractivity contribution in [3.8, 4) is 11.4 Å². The van der Waals surface area contributed by atoms with Crippen LogP contribution >= 0.6 is 0 Å². The summed E-state index contributed by atoms with van der Waals surface area (Å²) in [4.78, 5) is 20.2. The second-order valence-electron chi connectivity index (χ2n) is 4.17. The number of aromatic nitrogens is 2.